The summed E-state index contributed by atoms with van der Waals surface area (Å²) in [5.41, 5.74) is 10.6. The maximum atomic E-state index is 12.6. The number of amides is 4. The van der Waals surface area contributed by atoms with Crippen LogP contribution in [0.3, 0.4) is 0 Å². The van der Waals surface area contributed by atoms with E-state index in [0.29, 0.717) is 6.42 Å². The Morgan fingerprint density at radius 3 is 1.97 bits per heavy atom. The van der Waals surface area contributed by atoms with E-state index in [1.807, 2.05) is 0 Å². The van der Waals surface area contributed by atoms with Crippen LogP contribution in [0.2, 0.25) is 0 Å². The minimum atomic E-state index is -1.42. The first-order valence-corrected chi connectivity index (χ1v) is 10.0. The fourth-order valence-corrected chi connectivity index (χ4v) is 2.49. The van der Waals surface area contributed by atoms with Crippen LogP contribution in [0.15, 0.2) is 0 Å². The molecule has 0 saturated carbocycles. The number of aliphatic carboxylic acids is 1. The van der Waals surface area contributed by atoms with Crippen molar-refractivity contribution in [2.45, 2.75) is 57.3 Å². The van der Waals surface area contributed by atoms with E-state index in [1.54, 1.807) is 13.8 Å². The van der Waals surface area contributed by atoms with Crippen molar-refractivity contribution >= 4 is 42.2 Å². The molecule has 0 bridgehead atoms. The lowest BCUT2D eigenvalue weighted by atomic mass is 9.98. The third kappa shape index (κ3) is 9.41. The number of nitrogens with one attached hydrogen (secondary N) is 3. The monoisotopic (exact) mass is 449 g/mol. The van der Waals surface area contributed by atoms with E-state index in [2.05, 4.69) is 28.6 Å². The second kappa shape index (κ2) is 13.8. The zero-order valence-corrected chi connectivity index (χ0v) is 17.9. The third-order valence-corrected chi connectivity index (χ3v) is 4.83. The standard InChI is InChI=1S/C17H31N5O7S/c1-3-8(2)13(17(28)29)22-15(26)10(4-5-12(19)24)20-16(27)11(6-23)21-14(25)9(18)7-30/h8-11,13,23,30H,3-7,18H2,1-2H3,(H2,19,24)(H,20,27)(H,21,25)(H,22,26)(H,28,29). The molecule has 4 amide bonds. The van der Waals surface area contributed by atoms with Gasteiger partial charge in [-0.05, 0) is 12.3 Å². The minimum absolute atomic E-state index is 0.00142. The van der Waals surface area contributed by atoms with E-state index in [-0.39, 0.29) is 18.6 Å². The lowest BCUT2D eigenvalue weighted by molar-refractivity contribution is -0.144. The minimum Gasteiger partial charge on any atom is -0.480 e. The van der Waals surface area contributed by atoms with Crippen molar-refractivity contribution in [2.75, 3.05) is 12.4 Å². The highest BCUT2D eigenvalue weighted by Gasteiger charge is 2.31. The molecule has 5 unspecified atom stereocenters. The maximum Gasteiger partial charge on any atom is 0.326 e. The Kier molecular flexibility index (Phi) is 12.7. The van der Waals surface area contributed by atoms with Gasteiger partial charge in [0.05, 0.1) is 12.6 Å². The molecule has 0 saturated heterocycles. The Morgan fingerprint density at radius 1 is 1.00 bits per heavy atom. The van der Waals surface area contributed by atoms with Gasteiger partial charge in [0.2, 0.25) is 23.6 Å². The number of carboxylic acid groups (broad SMARTS) is 1. The van der Waals surface area contributed by atoms with Gasteiger partial charge >= 0.3 is 5.97 Å². The topological polar surface area (TPSA) is 214 Å². The first kappa shape index (κ1) is 27.6. The summed E-state index contributed by atoms with van der Waals surface area (Å²) in [6.07, 6.45) is 0.00168. The van der Waals surface area contributed by atoms with Crippen molar-refractivity contribution in [1.29, 1.82) is 0 Å². The van der Waals surface area contributed by atoms with Crippen molar-refractivity contribution < 1.29 is 34.2 Å². The van der Waals surface area contributed by atoms with Gasteiger partial charge in [0.25, 0.3) is 0 Å². The lowest BCUT2D eigenvalue weighted by Gasteiger charge is -2.25. The molecule has 172 valence electrons. The quantitative estimate of drug-likeness (QED) is 0.128. The number of thiol groups is 1. The number of rotatable bonds is 14. The first-order valence-electron chi connectivity index (χ1n) is 9.37. The highest BCUT2D eigenvalue weighted by molar-refractivity contribution is 7.80. The molecule has 0 heterocycles. The fourth-order valence-electron chi connectivity index (χ4n) is 2.32. The van der Waals surface area contributed by atoms with Crippen LogP contribution in [0.1, 0.15) is 33.1 Å². The van der Waals surface area contributed by atoms with E-state index in [9.17, 15) is 34.2 Å². The molecule has 0 aliphatic heterocycles. The number of carboxylic acids is 1. The molecule has 5 atom stereocenters. The molecular formula is C17H31N5O7S. The number of carbonyl (C=O) groups excluding carboxylic acids is 4. The second-order valence-corrected chi connectivity index (χ2v) is 7.17. The molecular weight excluding hydrogens is 418 g/mol. The molecule has 0 aliphatic carbocycles. The maximum absolute atomic E-state index is 12.6. The number of carbonyl (C=O) groups is 5. The Hall–Kier alpha value is -2.38. The van der Waals surface area contributed by atoms with Crippen LogP contribution in [0.4, 0.5) is 0 Å². The van der Waals surface area contributed by atoms with E-state index in [0.717, 1.165) is 0 Å². The van der Waals surface area contributed by atoms with E-state index in [1.165, 1.54) is 0 Å². The molecule has 0 aromatic heterocycles. The van der Waals surface area contributed by atoms with Crippen LogP contribution < -0.4 is 27.4 Å². The number of nitrogens with two attached hydrogens (primary N) is 2. The zero-order valence-electron chi connectivity index (χ0n) is 17.0. The van der Waals surface area contributed by atoms with Gasteiger partial charge in [0, 0.05) is 12.2 Å². The highest BCUT2D eigenvalue weighted by atomic mass is 32.1. The predicted molar refractivity (Wildman–Crippen MR) is 110 cm³/mol. The van der Waals surface area contributed by atoms with Crippen LogP contribution >= 0.6 is 12.6 Å². The summed E-state index contributed by atoms with van der Waals surface area (Å²) in [5, 5.41) is 25.6. The first-order chi connectivity index (χ1) is 14.0. The Balaban J connectivity index is 5.37. The Labute approximate surface area is 179 Å². The number of hydrogen-bond donors (Lipinski definition) is 8. The summed E-state index contributed by atoms with van der Waals surface area (Å²) in [4.78, 5) is 59.4. The van der Waals surface area contributed by atoms with Crippen molar-refractivity contribution in [2.24, 2.45) is 17.4 Å². The fraction of sp³-hybridized carbons (Fsp3) is 0.706. The average Bonchev–Trinajstić information content (AvgIpc) is 2.70. The van der Waals surface area contributed by atoms with Gasteiger partial charge in [-0.1, -0.05) is 20.3 Å². The number of primary amides is 1. The number of hydrogen-bond acceptors (Lipinski definition) is 8. The summed E-state index contributed by atoms with van der Waals surface area (Å²) in [6.45, 7) is 2.60. The molecule has 9 N–H and O–H groups in total. The number of aliphatic hydroxyl groups is 1. The van der Waals surface area contributed by atoms with Gasteiger partial charge in [-0.15, -0.1) is 0 Å². The van der Waals surface area contributed by atoms with Gasteiger partial charge in [-0.25, -0.2) is 4.79 Å². The Bertz CT molecular complexity index is 634. The zero-order chi connectivity index (χ0) is 23.4. The van der Waals surface area contributed by atoms with Crippen molar-refractivity contribution in [1.82, 2.24) is 16.0 Å². The summed E-state index contributed by atoms with van der Waals surface area (Å²) < 4.78 is 0. The molecule has 30 heavy (non-hydrogen) atoms. The summed E-state index contributed by atoms with van der Waals surface area (Å²) in [5.74, 6) is -4.87. The van der Waals surface area contributed by atoms with Gasteiger partial charge in [-0.2, -0.15) is 12.6 Å². The van der Waals surface area contributed by atoms with Crippen molar-refractivity contribution in [3.63, 3.8) is 0 Å². The van der Waals surface area contributed by atoms with Gasteiger partial charge < -0.3 is 37.6 Å². The molecule has 0 radical (unpaired) electrons. The van der Waals surface area contributed by atoms with E-state index < -0.39 is 66.3 Å². The molecule has 0 aromatic rings. The largest absolute Gasteiger partial charge is 0.480 e. The van der Waals surface area contributed by atoms with Crippen LogP contribution in [-0.4, -0.2) is 76.3 Å². The summed E-state index contributed by atoms with van der Waals surface area (Å²) in [6, 6.07) is -4.97. The normalized spacial score (nSPS) is 15.8. The Morgan fingerprint density at radius 2 is 1.53 bits per heavy atom. The molecule has 0 aromatic carbocycles. The van der Waals surface area contributed by atoms with Crippen LogP contribution in [0, 0.1) is 5.92 Å². The van der Waals surface area contributed by atoms with Crippen LogP contribution in [0.25, 0.3) is 0 Å². The molecule has 13 heteroatoms. The summed E-state index contributed by atoms with van der Waals surface area (Å²) in [7, 11) is 0. The number of aliphatic hydroxyl groups excluding tert-OH is 1. The second-order valence-electron chi connectivity index (χ2n) is 6.81. The highest BCUT2D eigenvalue weighted by Crippen LogP contribution is 2.09. The molecule has 0 spiro atoms. The smallest absolute Gasteiger partial charge is 0.326 e. The van der Waals surface area contributed by atoms with Crippen molar-refractivity contribution in [3.05, 3.63) is 0 Å². The van der Waals surface area contributed by atoms with Crippen LogP contribution in [0.5, 0.6) is 0 Å². The predicted octanol–water partition coefficient (Wildman–Crippen LogP) is -2.91. The molecule has 0 aliphatic rings. The molecule has 0 fully saturated rings. The SMILES string of the molecule is CCC(C)C(NC(=O)C(CCC(N)=O)NC(=O)C(CO)NC(=O)C(N)CS)C(=O)O. The molecule has 0 rings (SSSR count). The third-order valence-electron chi connectivity index (χ3n) is 4.44. The van der Waals surface area contributed by atoms with E-state index >= 15 is 0 Å². The van der Waals surface area contributed by atoms with Gasteiger partial charge in [0.1, 0.15) is 18.1 Å². The van der Waals surface area contributed by atoms with Gasteiger partial charge in [-0.3, -0.25) is 19.2 Å². The lowest BCUT2D eigenvalue weighted by Crippen LogP contribution is -2.58. The van der Waals surface area contributed by atoms with Crippen LogP contribution in [-0.2, 0) is 24.0 Å². The van der Waals surface area contributed by atoms with Crippen molar-refractivity contribution in [3.8, 4) is 0 Å². The average molecular weight is 450 g/mol. The van der Waals surface area contributed by atoms with E-state index in [4.69, 9.17) is 11.5 Å². The summed E-state index contributed by atoms with van der Waals surface area (Å²) >= 11 is 3.87. The molecule has 12 nitrogen and oxygen atoms in total. The van der Waals surface area contributed by atoms with Gasteiger partial charge in [0.15, 0.2) is 0 Å².